The summed E-state index contributed by atoms with van der Waals surface area (Å²) in [4.78, 5) is 10.5. The fourth-order valence-electron chi connectivity index (χ4n) is 1.62. The molecule has 19 heavy (non-hydrogen) atoms. The second kappa shape index (κ2) is 5.24. The third kappa shape index (κ3) is 2.82. The van der Waals surface area contributed by atoms with Crippen molar-refractivity contribution in [3.05, 3.63) is 62.9 Å². The van der Waals surface area contributed by atoms with Crippen molar-refractivity contribution >= 4 is 17.3 Å². The number of para-hydroxylation sites is 1. The minimum Gasteiger partial charge on any atom is -0.450 e. The van der Waals surface area contributed by atoms with Gasteiger partial charge in [0.1, 0.15) is 11.6 Å². The van der Waals surface area contributed by atoms with Crippen molar-refractivity contribution in [1.82, 2.24) is 0 Å². The molecule has 0 spiro atoms. The van der Waals surface area contributed by atoms with E-state index in [0.717, 1.165) is 6.07 Å². The molecule has 2 aromatic rings. The van der Waals surface area contributed by atoms with Crippen LogP contribution in [-0.2, 0) is 0 Å². The second-order valence-electron chi connectivity index (χ2n) is 3.86. The van der Waals surface area contributed by atoms with Gasteiger partial charge in [-0.3, -0.25) is 10.1 Å². The van der Waals surface area contributed by atoms with Crippen LogP contribution in [0.1, 0.15) is 5.56 Å². The maximum atomic E-state index is 13.3. The molecule has 0 unspecified atom stereocenters. The fraction of sp³-hybridized carbons (Fsp3) is 0.0769. The maximum absolute atomic E-state index is 13.3. The number of rotatable bonds is 3. The van der Waals surface area contributed by atoms with Crippen molar-refractivity contribution < 1.29 is 14.1 Å². The first-order valence-electron chi connectivity index (χ1n) is 5.36. The van der Waals surface area contributed by atoms with Gasteiger partial charge in [0.15, 0.2) is 0 Å². The number of hydrogen-bond donors (Lipinski definition) is 0. The Morgan fingerprint density at radius 2 is 2.05 bits per heavy atom. The number of nitrogens with zero attached hydrogens (tertiary/aromatic N) is 1. The lowest BCUT2D eigenvalue weighted by molar-refractivity contribution is -0.386. The Bertz CT molecular complexity index is 646. The summed E-state index contributed by atoms with van der Waals surface area (Å²) in [5, 5.41) is 10.9. The quantitative estimate of drug-likeness (QED) is 0.615. The topological polar surface area (TPSA) is 52.4 Å². The molecule has 4 nitrogen and oxygen atoms in total. The van der Waals surface area contributed by atoms with Gasteiger partial charge < -0.3 is 4.74 Å². The number of aryl methyl sites for hydroxylation is 1. The average molecular weight is 282 g/mol. The summed E-state index contributed by atoms with van der Waals surface area (Å²) in [7, 11) is 0. The smallest absolute Gasteiger partial charge is 0.314 e. The van der Waals surface area contributed by atoms with E-state index in [1.807, 2.05) is 0 Å². The summed E-state index contributed by atoms with van der Waals surface area (Å²) in [5.41, 5.74) is 0.329. The molecule has 2 rings (SSSR count). The van der Waals surface area contributed by atoms with Crippen molar-refractivity contribution in [3.63, 3.8) is 0 Å². The Hall–Kier alpha value is -2.14. The Labute approximate surface area is 113 Å². The average Bonchev–Trinajstić information content (AvgIpc) is 2.33. The number of nitro groups is 1. The van der Waals surface area contributed by atoms with Crippen LogP contribution in [0.3, 0.4) is 0 Å². The highest BCUT2D eigenvalue weighted by atomic mass is 35.5. The molecule has 0 aromatic heterocycles. The van der Waals surface area contributed by atoms with Crippen LogP contribution in [0.15, 0.2) is 36.4 Å². The van der Waals surface area contributed by atoms with Gasteiger partial charge in [-0.1, -0.05) is 23.7 Å². The van der Waals surface area contributed by atoms with E-state index in [1.165, 1.54) is 18.2 Å². The van der Waals surface area contributed by atoms with E-state index in [0.29, 0.717) is 5.56 Å². The molecule has 0 saturated carbocycles. The van der Waals surface area contributed by atoms with Gasteiger partial charge in [-0.25, -0.2) is 4.39 Å². The van der Waals surface area contributed by atoms with Crippen LogP contribution in [-0.4, -0.2) is 4.92 Å². The number of ether oxygens (including phenoxy) is 1. The molecule has 98 valence electrons. The molecule has 2 aromatic carbocycles. The Morgan fingerprint density at radius 3 is 2.68 bits per heavy atom. The van der Waals surface area contributed by atoms with Crippen LogP contribution < -0.4 is 4.74 Å². The van der Waals surface area contributed by atoms with Gasteiger partial charge >= 0.3 is 5.69 Å². The monoisotopic (exact) mass is 281 g/mol. The molecule has 0 amide bonds. The molecule has 0 saturated heterocycles. The van der Waals surface area contributed by atoms with E-state index in [4.69, 9.17) is 16.3 Å². The highest BCUT2D eigenvalue weighted by Crippen LogP contribution is 2.34. The van der Waals surface area contributed by atoms with E-state index in [2.05, 4.69) is 0 Å². The van der Waals surface area contributed by atoms with Crippen molar-refractivity contribution in [2.75, 3.05) is 0 Å². The van der Waals surface area contributed by atoms with Crippen LogP contribution in [0.25, 0.3) is 0 Å². The van der Waals surface area contributed by atoms with E-state index in [9.17, 15) is 14.5 Å². The largest absolute Gasteiger partial charge is 0.450 e. The zero-order valence-electron chi connectivity index (χ0n) is 9.89. The number of benzene rings is 2. The fourth-order valence-corrected chi connectivity index (χ4v) is 1.73. The summed E-state index contributed by atoms with van der Waals surface area (Å²) in [6, 6.07) is 8.54. The van der Waals surface area contributed by atoms with Crippen LogP contribution in [0.5, 0.6) is 11.5 Å². The van der Waals surface area contributed by atoms with Crippen molar-refractivity contribution in [2.24, 2.45) is 0 Å². The van der Waals surface area contributed by atoms with Crippen LogP contribution in [0, 0.1) is 22.9 Å². The van der Waals surface area contributed by atoms with E-state index < -0.39 is 10.7 Å². The number of nitro benzene ring substituents is 1. The standard InChI is InChI=1S/C13H9ClFNO3/c1-8-3-2-4-12(13(8)16(17)18)19-9-5-6-10(14)11(15)7-9/h2-7H,1H3. The zero-order valence-corrected chi connectivity index (χ0v) is 10.6. The first-order valence-corrected chi connectivity index (χ1v) is 5.73. The molecule has 6 heteroatoms. The lowest BCUT2D eigenvalue weighted by atomic mass is 10.2. The van der Waals surface area contributed by atoms with Crippen LogP contribution in [0.4, 0.5) is 10.1 Å². The van der Waals surface area contributed by atoms with Crippen LogP contribution in [0.2, 0.25) is 5.02 Å². The first-order chi connectivity index (χ1) is 8.99. The lowest BCUT2D eigenvalue weighted by Crippen LogP contribution is -1.96. The Kier molecular flexibility index (Phi) is 3.66. The second-order valence-corrected chi connectivity index (χ2v) is 4.26. The molecule has 0 aliphatic rings. The van der Waals surface area contributed by atoms with Gasteiger partial charge in [0.2, 0.25) is 5.75 Å². The minimum absolute atomic E-state index is 0.0360. The molecule has 0 N–H and O–H groups in total. The highest BCUT2D eigenvalue weighted by Gasteiger charge is 2.19. The highest BCUT2D eigenvalue weighted by molar-refractivity contribution is 6.30. The summed E-state index contributed by atoms with van der Waals surface area (Å²) < 4.78 is 18.6. The van der Waals surface area contributed by atoms with Gasteiger partial charge in [0, 0.05) is 11.6 Å². The Morgan fingerprint density at radius 1 is 1.32 bits per heavy atom. The van der Waals surface area contributed by atoms with Gasteiger partial charge in [-0.15, -0.1) is 0 Å². The molecule has 0 aliphatic heterocycles. The van der Waals surface area contributed by atoms with Gasteiger partial charge in [-0.05, 0) is 25.1 Å². The summed E-state index contributed by atoms with van der Waals surface area (Å²) in [5.74, 6) is -0.434. The molecule has 0 fully saturated rings. The van der Waals surface area contributed by atoms with Crippen molar-refractivity contribution in [3.8, 4) is 11.5 Å². The van der Waals surface area contributed by atoms with Gasteiger partial charge in [0.05, 0.1) is 9.95 Å². The Balaban J connectivity index is 2.40. The molecule has 0 radical (unpaired) electrons. The predicted octanol–water partition coefficient (Wildman–Crippen LogP) is 4.49. The summed E-state index contributed by atoms with van der Waals surface area (Å²) >= 11 is 5.55. The van der Waals surface area contributed by atoms with Crippen molar-refractivity contribution in [2.45, 2.75) is 6.92 Å². The lowest BCUT2D eigenvalue weighted by Gasteiger charge is -2.08. The normalized spacial score (nSPS) is 10.3. The first kappa shape index (κ1) is 13.3. The maximum Gasteiger partial charge on any atom is 0.314 e. The van der Waals surface area contributed by atoms with Gasteiger partial charge in [0.25, 0.3) is 0 Å². The molecule has 0 aliphatic carbocycles. The molecule has 0 atom stereocenters. The minimum atomic E-state index is -0.644. The molecule has 0 heterocycles. The summed E-state index contributed by atoms with van der Waals surface area (Å²) in [6.45, 7) is 1.60. The number of halogens is 2. The molecular formula is C13H9ClFNO3. The zero-order chi connectivity index (χ0) is 14.0. The number of hydrogen-bond acceptors (Lipinski definition) is 3. The van der Waals surface area contributed by atoms with Crippen molar-refractivity contribution in [1.29, 1.82) is 0 Å². The van der Waals surface area contributed by atoms with E-state index in [-0.39, 0.29) is 22.2 Å². The van der Waals surface area contributed by atoms with E-state index in [1.54, 1.807) is 19.1 Å². The van der Waals surface area contributed by atoms with E-state index >= 15 is 0 Å². The SMILES string of the molecule is Cc1cccc(Oc2ccc(Cl)c(F)c2)c1[N+](=O)[O-]. The molecular weight excluding hydrogens is 273 g/mol. The predicted molar refractivity (Wildman–Crippen MR) is 69.3 cm³/mol. The third-order valence-electron chi connectivity index (χ3n) is 2.50. The summed E-state index contributed by atoms with van der Waals surface area (Å²) in [6.07, 6.45) is 0. The molecule has 0 bridgehead atoms. The van der Waals surface area contributed by atoms with Crippen LogP contribution >= 0.6 is 11.6 Å². The van der Waals surface area contributed by atoms with Gasteiger partial charge in [-0.2, -0.15) is 0 Å². The third-order valence-corrected chi connectivity index (χ3v) is 2.81.